The highest BCUT2D eigenvalue weighted by Gasteiger charge is 2.10. The Morgan fingerprint density at radius 3 is 2.38 bits per heavy atom. The van der Waals surface area contributed by atoms with Crippen molar-refractivity contribution >= 4 is 5.69 Å². The van der Waals surface area contributed by atoms with Crippen LogP contribution in [0.3, 0.4) is 0 Å². The molecule has 21 heavy (non-hydrogen) atoms. The molecule has 2 aromatic rings. The average Bonchev–Trinajstić information content (AvgIpc) is 2.46. The second kappa shape index (κ2) is 7.02. The van der Waals surface area contributed by atoms with Gasteiger partial charge in [0, 0.05) is 5.69 Å². The first kappa shape index (κ1) is 15.2. The molecule has 1 unspecified atom stereocenters. The fraction of sp³-hybridized carbons (Fsp3) is 0.250. The van der Waals surface area contributed by atoms with Gasteiger partial charge in [0.15, 0.2) is 0 Å². The molecule has 5 heteroatoms. The molecular formula is C16H16F3NO. The molecule has 0 saturated heterocycles. The molecule has 0 aromatic heterocycles. The van der Waals surface area contributed by atoms with Gasteiger partial charge < -0.3 is 10.1 Å². The summed E-state index contributed by atoms with van der Waals surface area (Å²) in [6.45, 7) is -0.851. The Bertz CT molecular complexity index is 572. The van der Waals surface area contributed by atoms with Gasteiger partial charge in [-0.1, -0.05) is 19.1 Å². The molecular weight excluding hydrogens is 279 g/mol. The zero-order valence-electron chi connectivity index (χ0n) is 11.5. The van der Waals surface area contributed by atoms with Crippen LogP contribution in [-0.4, -0.2) is 6.61 Å². The standard InChI is InChI=1S/C16H16F3NO/c1-2-15(11-4-3-5-12(17)10-11)20-13-6-8-14(9-7-13)21-16(18)19/h3-10,15-16,20H,2H2,1H3. The zero-order chi connectivity index (χ0) is 15.2. The molecule has 1 N–H and O–H groups in total. The van der Waals surface area contributed by atoms with E-state index in [1.807, 2.05) is 13.0 Å². The van der Waals surface area contributed by atoms with E-state index in [2.05, 4.69) is 10.1 Å². The number of hydrogen-bond acceptors (Lipinski definition) is 2. The highest BCUT2D eigenvalue weighted by atomic mass is 19.3. The van der Waals surface area contributed by atoms with Gasteiger partial charge in [-0.3, -0.25) is 0 Å². The van der Waals surface area contributed by atoms with Crippen molar-refractivity contribution < 1.29 is 17.9 Å². The maximum Gasteiger partial charge on any atom is 0.387 e. The normalized spacial score (nSPS) is 12.2. The Kier molecular flexibility index (Phi) is 5.09. The van der Waals surface area contributed by atoms with E-state index >= 15 is 0 Å². The molecule has 0 amide bonds. The molecule has 0 aliphatic rings. The van der Waals surface area contributed by atoms with Crippen LogP contribution in [0, 0.1) is 5.82 Å². The van der Waals surface area contributed by atoms with Crippen molar-refractivity contribution in [1.82, 2.24) is 0 Å². The van der Waals surface area contributed by atoms with Gasteiger partial charge in [-0.25, -0.2) is 4.39 Å². The van der Waals surface area contributed by atoms with Gasteiger partial charge in [0.1, 0.15) is 11.6 Å². The zero-order valence-corrected chi connectivity index (χ0v) is 11.5. The van der Waals surface area contributed by atoms with Gasteiger partial charge in [-0.15, -0.1) is 0 Å². The van der Waals surface area contributed by atoms with E-state index in [4.69, 9.17) is 0 Å². The molecule has 2 rings (SSSR count). The number of benzene rings is 2. The van der Waals surface area contributed by atoms with Crippen molar-refractivity contribution in [3.8, 4) is 5.75 Å². The Morgan fingerprint density at radius 2 is 1.81 bits per heavy atom. The monoisotopic (exact) mass is 295 g/mol. The summed E-state index contributed by atoms with van der Waals surface area (Å²) in [7, 11) is 0. The minimum absolute atomic E-state index is 0.0532. The van der Waals surface area contributed by atoms with Crippen LogP contribution in [0.2, 0.25) is 0 Å². The number of ether oxygens (including phenoxy) is 1. The third-order valence-electron chi connectivity index (χ3n) is 3.08. The molecule has 112 valence electrons. The van der Waals surface area contributed by atoms with Crippen LogP contribution >= 0.6 is 0 Å². The summed E-state index contributed by atoms with van der Waals surface area (Å²) < 4.78 is 41.7. The fourth-order valence-electron chi connectivity index (χ4n) is 2.08. The molecule has 0 spiro atoms. The molecule has 0 aliphatic heterocycles. The summed E-state index contributed by atoms with van der Waals surface area (Å²) in [5.41, 5.74) is 1.60. The van der Waals surface area contributed by atoms with Crippen molar-refractivity contribution in [3.63, 3.8) is 0 Å². The van der Waals surface area contributed by atoms with Gasteiger partial charge >= 0.3 is 6.61 Å². The third kappa shape index (κ3) is 4.41. The molecule has 0 fully saturated rings. The maximum atomic E-state index is 13.3. The lowest BCUT2D eigenvalue weighted by Gasteiger charge is -2.19. The first-order chi connectivity index (χ1) is 10.1. The van der Waals surface area contributed by atoms with E-state index < -0.39 is 6.61 Å². The lowest BCUT2D eigenvalue weighted by molar-refractivity contribution is -0.0498. The highest BCUT2D eigenvalue weighted by molar-refractivity contribution is 5.48. The van der Waals surface area contributed by atoms with E-state index in [9.17, 15) is 13.2 Å². The second-order valence-corrected chi connectivity index (χ2v) is 4.56. The van der Waals surface area contributed by atoms with Gasteiger partial charge in [-0.2, -0.15) is 8.78 Å². The molecule has 0 bridgehead atoms. The SMILES string of the molecule is CCC(Nc1ccc(OC(F)F)cc1)c1cccc(F)c1. The molecule has 1 atom stereocenters. The van der Waals surface area contributed by atoms with E-state index in [0.29, 0.717) is 0 Å². The summed E-state index contributed by atoms with van der Waals surface area (Å²) in [6, 6.07) is 12.6. The molecule has 0 heterocycles. The topological polar surface area (TPSA) is 21.3 Å². The lowest BCUT2D eigenvalue weighted by atomic mass is 10.0. The first-order valence-electron chi connectivity index (χ1n) is 6.65. The molecule has 2 nitrogen and oxygen atoms in total. The van der Waals surface area contributed by atoms with Crippen LogP contribution in [0.1, 0.15) is 24.9 Å². The van der Waals surface area contributed by atoms with Crippen molar-refractivity contribution in [3.05, 3.63) is 59.9 Å². The summed E-state index contributed by atoms with van der Waals surface area (Å²) in [5.74, 6) is -0.178. The smallest absolute Gasteiger partial charge is 0.387 e. The minimum Gasteiger partial charge on any atom is -0.435 e. The first-order valence-corrected chi connectivity index (χ1v) is 6.65. The van der Waals surface area contributed by atoms with E-state index in [1.54, 1.807) is 18.2 Å². The minimum atomic E-state index is -2.83. The number of alkyl halides is 2. The van der Waals surface area contributed by atoms with Crippen molar-refractivity contribution in [2.75, 3.05) is 5.32 Å². The fourth-order valence-corrected chi connectivity index (χ4v) is 2.08. The molecule has 0 aliphatic carbocycles. The number of nitrogens with one attached hydrogen (secondary N) is 1. The second-order valence-electron chi connectivity index (χ2n) is 4.56. The number of hydrogen-bond donors (Lipinski definition) is 1. The highest BCUT2D eigenvalue weighted by Crippen LogP contribution is 2.25. The number of rotatable bonds is 6. The molecule has 0 radical (unpaired) electrons. The summed E-state index contributed by atoms with van der Waals surface area (Å²) in [6.07, 6.45) is 0.763. The Balaban J connectivity index is 2.08. The predicted octanol–water partition coefficient (Wildman–Crippen LogP) is 4.99. The Labute approximate surface area is 121 Å². The van der Waals surface area contributed by atoms with Gasteiger partial charge in [-0.05, 0) is 48.4 Å². The van der Waals surface area contributed by atoms with E-state index in [1.165, 1.54) is 24.3 Å². The van der Waals surface area contributed by atoms with Gasteiger partial charge in [0.25, 0.3) is 0 Å². The van der Waals surface area contributed by atoms with Gasteiger partial charge in [0.05, 0.1) is 6.04 Å². The quantitative estimate of drug-likeness (QED) is 0.810. The van der Waals surface area contributed by atoms with E-state index in [-0.39, 0.29) is 17.6 Å². The average molecular weight is 295 g/mol. The van der Waals surface area contributed by atoms with Crippen LogP contribution in [0.25, 0.3) is 0 Å². The van der Waals surface area contributed by atoms with Crippen LogP contribution in [0.15, 0.2) is 48.5 Å². The van der Waals surface area contributed by atoms with Crippen molar-refractivity contribution in [2.45, 2.75) is 26.0 Å². The van der Waals surface area contributed by atoms with Crippen LogP contribution < -0.4 is 10.1 Å². The van der Waals surface area contributed by atoms with Crippen LogP contribution in [-0.2, 0) is 0 Å². The summed E-state index contributed by atoms with van der Waals surface area (Å²) in [5, 5.41) is 3.24. The van der Waals surface area contributed by atoms with E-state index in [0.717, 1.165) is 17.7 Å². The summed E-state index contributed by atoms with van der Waals surface area (Å²) in [4.78, 5) is 0. The van der Waals surface area contributed by atoms with Crippen LogP contribution in [0.4, 0.5) is 18.9 Å². The third-order valence-corrected chi connectivity index (χ3v) is 3.08. The lowest BCUT2D eigenvalue weighted by Crippen LogP contribution is -2.10. The van der Waals surface area contributed by atoms with Crippen molar-refractivity contribution in [2.24, 2.45) is 0 Å². The Morgan fingerprint density at radius 1 is 1.10 bits per heavy atom. The molecule has 2 aromatic carbocycles. The maximum absolute atomic E-state index is 13.3. The van der Waals surface area contributed by atoms with Crippen LogP contribution in [0.5, 0.6) is 5.75 Å². The largest absolute Gasteiger partial charge is 0.435 e. The number of anilines is 1. The number of halogens is 3. The van der Waals surface area contributed by atoms with Gasteiger partial charge in [0.2, 0.25) is 0 Å². The summed E-state index contributed by atoms with van der Waals surface area (Å²) >= 11 is 0. The van der Waals surface area contributed by atoms with Crippen molar-refractivity contribution in [1.29, 1.82) is 0 Å². The Hall–Kier alpha value is -2.17. The predicted molar refractivity (Wildman–Crippen MR) is 76.1 cm³/mol. The molecule has 0 saturated carbocycles.